The van der Waals surface area contributed by atoms with E-state index in [4.69, 9.17) is 0 Å². The SMILES string of the molecule is CC1(CNC(=O)c2ncccc2O)CCC1. The van der Waals surface area contributed by atoms with Gasteiger partial charge in [0.05, 0.1) is 0 Å². The van der Waals surface area contributed by atoms with E-state index < -0.39 is 0 Å². The van der Waals surface area contributed by atoms with Crippen LogP contribution in [-0.4, -0.2) is 22.5 Å². The Bertz CT molecular complexity index is 400. The molecule has 1 aliphatic rings. The van der Waals surface area contributed by atoms with Gasteiger partial charge < -0.3 is 10.4 Å². The fraction of sp³-hybridized carbons (Fsp3) is 0.500. The van der Waals surface area contributed by atoms with Crippen LogP contribution in [0.4, 0.5) is 0 Å². The molecule has 0 unspecified atom stereocenters. The van der Waals surface area contributed by atoms with Crippen LogP contribution < -0.4 is 5.32 Å². The summed E-state index contributed by atoms with van der Waals surface area (Å²) in [5.74, 6) is -0.370. The molecule has 0 aromatic carbocycles. The number of amides is 1. The van der Waals surface area contributed by atoms with Crippen LogP contribution in [-0.2, 0) is 0 Å². The van der Waals surface area contributed by atoms with Gasteiger partial charge in [0, 0.05) is 12.7 Å². The van der Waals surface area contributed by atoms with Gasteiger partial charge in [0.1, 0.15) is 5.75 Å². The van der Waals surface area contributed by atoms with Crippen LogP contribution in [0.5, 0.6) is 5.75 Å². The molecule has 1 amide bonds. The smallest absolute Gasteiger partial charge is 0.273 e. The molecule has 1 heterocycles. The van der Waals surface area contributed by atoms with Gasteiger partial charge in [-0.25, -0.2) is 4.98 Å². The van der Waals surface area contributed by atoms with Crippen molar-refractivity contribution in [3.8, 4) is 5.75 Å². The molecule has 1 aliphatic carbocycles. The Morgan fingerprint density at radius 1 is 1.62 bits per heavy atom. The van der Waals surface area contributed by atoms with E-state index in [1.54, 1.807) is 6.07 Å². The highest BCUT2D eigenvalue weighted by Gasteiger charge is 2.32. The summed E-state index contributed by atoms with van der Waals surface area (Å²) in [5, 5.41) is 12.3. The zero-order valence-corrected chi connectivity index (χ0v) is 9.36. The Kier molecular flexibility index (Phi) is 2.81. The number of carbonyl (C=O) groups is 1. The number of aromatic hydroxyl groups is 1. The van der Waals surface area contributed by atoms with Crippen molar-refractivity contribution in [3.05, 3.63) is 24.0 Å². The Morgan fingerprint density at radius 2 is 2.38 bits per heavy atom. The quantitative estimate of drug-likeness (QED) is 0.815. The number of rotatable bonds is 3. The number of carbonyl (C=O) groups excluding carboxylic acids is 1. The highest BCUT2D eigenvalue weighted by Crippen LogP contribution is 2.39. The monoisotopic (exact) mass is 220 g/mol. The first-order valence-corrected chi connectivity index (χ1v) is 5.53. The first-order valence-electron chi connectivity index (χ1n) is 5.53. The summed E-state index contributed by atoms with van der Waals surface area (Å²) in [6, 6.07) is 3.06. The highest BCUT2D eigenvalue weighted by molar-refractivity contribution is 5.94. The number of pyridine rings is 1. The molecule has 0 aliphatic heterocycles. The van der Waals surface area contributed by atoms with Gasteiger partial charge in [-0.15, -0.1) is 0 Å². The van der Waals surface area contributed by atoms with Crippen LogP contribution in [0.3, 0.4) is 0 Å². The Balaban J connectivity index is 1.96. The van der Waals surface area contributed by atoms with Crippen molar-refractivity contribution in [3.63, 3.8) is 0 Å². The molecule has 0 atom stereocenters. The predicted molar refractivity (Wildman–Crippen MR) is 60.2 cm³/mol. The lowest BCUT2D eigenvalue weighted by Gasteiger charge is -2.38. The average molecular weight is 220 g/mol. The van der Waals surface area contributed by atoms with E-state index >= 15 is 0 Å². The number of aromatic nitrogens is 1. The van der Waals surface area contributed by atoms with Crippen LogP contribution in [0.15, 0.2) is 18.3 Å². The lowest BCUT2D eigenvalue weighted by atomic mass is 9.70. The number of nitrogens with zero attached hydrogens (tertiary/aromatic N) is 1. The van der Waals surface area contributed by atoms with Gasteiger partial charge in [-0.1, -0.05) is 13.3 Å². The van der Waals surface area contributed by atoms with Crippen molar-refractivity contribution >= 4 is 5.91 Å². The fourth-order valence-electron chi connectivity index (χ4n) is 1.91. The van der Waals surface area contributed by atoms with E-state index in [9.17, 15) is 9.90 Å². The molecule has 1 fully saturated rings. The molecule has 4 heteroatoms. The molecule has 4 nitrogen and oxygen atoms in total. The minimum atomic E-state index is -0.300. The van der Waals surface area contributed by atoms with E-state index in [0.717, 1.165) is 12.8 Å². The first kappa shape index (κ1) is 10.9. The van der Waals surface area contributed by atoms with Crippen molar-refractivity contribution in [1.29, 1.82) is 0 Å². The van der Waals surface area contributed by atoms with Crippen molar-refractivity contribution in [2.45, 2.75) is 26.2 Å². The molecule has 1 aromatic heterocycles. The third-order valence-corrected chi connectivity index (χ3v) is 3.24. The van der Waals surface area contributed by atoms with Gasteiger partial charge in [-0.05, 0) is 30.4 Å². The third-order valence-electron chi connectivity index (χ3n) is 3.24. The second-order valence-electron chi connectivity index (χ2n) is 4.72. The van der Waals surface area contributed by atoms with E-state index in [1.165, 1.54) is 18.7 Å². The molecule has 86 valence electrons. The molecule has 1 saturated carbocycles. The Morgan fingerprint density at radius 3 is 2.94 bits per heavy atom. The number of hydrogen-bond donors (Lipinski definition) is 2. The largest absolute Gasteiger partial charge is 0.505 e. The third kappa shape index (κ3) is 2.15. The molecule has 0 saturated heterocycles. The molecule has 0 bridgehead atoms. The van der Waals surface area contributed by atoms with Crippen LogP contribution in [0.25, 0.3) is 0 Å². The molecule has 2 N–H and O–H groups in total. The summed E-state index contributed by atoms with van der Waals surface area (Å²) in [7, 11) is 0. The van der Waals surface area contributed by atoms with E-state index in [1.807, 2.05) is 0 Å². The molecule has 16 heavy (non-hydrogen) atoms. The number of hydrogen-bond acceptors (Lipinski definition) is 3. The van der Waals surface area contributed by atoms with Crippen LogP contribution >= 0.6 is 0 Å². The van der Waals surface area contributed by atoms with Crippen molar-refractivity contribution in [2.24, 2.45) is 5.41 Å². The summed E-state index contributed by atoms with van der Waals surface area (Å²) in [5.41, 5.74) is 0.338. The fourth-order valence-corrected chi connectivity index (χ4v) is 1.91. The van der Waals surface area contributed by atoms with Crippen LogP contribution in [0.2, 0.25) is 0 Å². The summed E-state index contributed by atoms with van der Waals surface area (Å²) >= 11 is 0. The zero-order valence-electron chi connectivity index (χ0n) is 9.36. The highest BCUT2D eigenvalue weighted by atomic mass is 16.3. The summed E-state index contributed by atoms with van der Waals surface area (Å²) in [4.78, 5) is 15.6. The normalized spacial score (nSPS) is 17.6. The zero-order chi connectivity index (χ0) is 11.6. The van der Waals surface area contributed by atoms with Crippen molar-refractivity contribution in [1.82, 2.24) is 10.3 Å². The summed E-state index contributed by atoms with van der Waals surface area (Å²) < 4.78 is 0. The molecule has 0 spiro atoms. The number of nitrogens with one attached hydrogen (secondary N) is 1. The molecule has 2 rings (SSSR count). The van der Waals surface area contributed by atoms with Gasteiger partial charge in [0.2, 0.25) is 0 Å². The van der Waals surface area contributed by atoms with Gasteiger partial charge in [-0.3, -0.25) is 4.79 Å². The van der Waals surface area contributed by atoms with Crippen LogP contribution in [0, 0.1) is 5.41 Å². The maximum absolute atomic E-state index is 11.7. The van der Waals surface area contributed by atoms with E-state index in [0.29, 0.717) is 6.54 Å². The minimum Gasteiger partial charge on any atom is -0.505 e. The standard InChI is InChI=1S/C12H16N2O2/c1-12(5-3-6-12)8-14-11(16)10-9(15)4-2-7-13-10/h2,4,7,15H,3,5-6,8H2,1H3,(H,14,16). The first-order chi connectivity index (χ1) is 7.61. The van der Waals surface area contributed by atoms with Gasteiger partial charge in [0.15, 0.2) is 5.69 Å². The van der Waals surface area contributed by atoms with Crippen LogP contribution in [0.1, 0.15) is 36.7 Å². The maximum Gasteiger partial charge on any atom is 0.273 e. The lowest BCUT2D eigenvalue weighted by Crippen LogP contribution is -2.40. The summed E-state index contributed by atoms with van der Waals surface area (Å²) in [6.07, 6.45) is 5.05. The topological polar surface area (TPSA) is 62.2 Å². The van der Waals surface area contributed by atoms with Crippen molar-refractivity contribution in [2.75, 3.05) is 6.54 Å². The Hall–Kier alpha value is -1.58. The minimum absolute atomic E-state index is 0.0706. The molecule has 0 radical (unpaired) electrons. The molecular weight excluding hydrogens is 204 g/mol. The maximum atomic E-state index is 11.7. The summed E-state index contributed by atoms with van der Waals surface area (Å²) in [6.45, 7) is 2.82. The second kappa shape index (κ2) is 4.12. The van der Waals surface area contributed by atoms with Crippen molar-refractivity contribution < 1.29 is 9.90 Å². The van der Waals surface area contributed by atoms with Gasteiger partial charge in [0.25, 0.3) is 5.91 Å². The lowest BCUT2D eigenvalue weighted by molar-refractivity contribution is 0.0883. The molecular formula is C12H16N2O2. The average Bonchev–Trinajstić information content (AvgIpc) is 2.24. The van der Waals surface area contributed by atoms with Gasteiger partial charge >= 0.3 is 0 Å². The van der Waals surface area contributed by atoms with Gasteiger partial charge in [-0.2, -0.15) is 0 Å². The van der Waals surface area contributed by atoms with E-state index in [-0.39, 0.29) is 22.8 Å². The predicted octanol–water partition coefficient (Wildman–Crippen LogP) is 1.71. The Labute approximate surface area is 94.7 Å². The van der Waals surface area contributed by atoms with E-state index in [2.05, 4.69) is 17.2 Å². The molecule has 1 aromatic rings. The second-order valence-corrected chi connectivity index (χ2v) is 4.72.